The Kier molecular flexibility index (Phi) is 4.91. The molecule has 0 aliphatic heterocycles. The van der Waals surface area contributed by atoms with Crippen LogP contribution in [0.4, 0.5) is 17.6 Å². The number of hydrogen-bond donors (Lipinski definition) is 1. The Morgan fingerprint density at radius 2 is 2.12 bits per heavy atom. The van der Waals surface area contributed by atoms with Gasteiger partial charge < -0.3 is 10.5 Å². The normalized spacial score (nSPS) is 14.3. The van der Waals surface area contributed by atoms with Crippen molar-refractivity contribution in [3.05, 3.63) is 21.9 Å². The number of alkyl halides is 4. The monoisotopic (exact) mass is 271 g/mol. The lowest BCUT2D eigenvalue weighted by Crippen LogP contribution is -2.33. The van der Waals surface area contributed by atoms with Gasteiger partial charge in [0.15, 0.2) is 0 Å². The highest BCUT2D eigenvalue weighted by Crippen LogP contribution is 2.24. The number of nitrogens with two attached hydrogens (primary N) is 1. The van der Waals surface area contributed by atoms with Crippen molar-refractivity contribution < 1.29 is 22.3 Å². The molecule has 2 nitrogen and oxygen atoms in total. The molecule has 7 heteroatoms. The third kappa shape index (κ3) is 4.25. The second-order valence-electron chi connectivity index (χ2n) is 3.67. The van der Waals surface area contributed by atoms with Crippen LogP contribution in [0.1, 0.15) is 16.5 Å². The molecule has 0 aliphatic carbocycles. The first-order valence-electron chi connectivity index (χ1n) is 4.87. The highest BCUT2D eigenvalue weighted by atomic mass is 32.1. The van der Waals surface area contributed by atoms with Crippen molar-refractivity contribution in [1.82, 2.24) is 0 Å². The van der Waals surface area contributed by atoms with Gasteiger partial charge in [-0.15, -0.1) is 11.3 Å². The van der Waals surface area contributed by atoms with Crippen LogP contribution in [-0.2, 0) is 4.74 Å². The lowest BCUT2D eigenvalue weighted by atomic mass is 10.2. The Bertz CT molecular complexity index is 356. The predicted octanol–water partition coefficient (Wildman–Crippen LogP) is 2.97. The molecule has 0 radical (unpaired) electrons. The van der Waals surface area contributed by atoms with E-state index in [0.29, 0.717) is 0 Å². The fourth-order valence-electron chi connectivity index (χ4n) is 1.14. The van der Waals surface area contributed by atoms with E-state index in [-0.39, 0.29) is 6.61 Å². The Morgan fingerprint density at radius 1 is 1.47 bits per heavy atom. The van der Waals surface area contributed by atoms with E-state index < -0.39 is 25.0 Å². The highest BCUT2D eigenvalue weighted by Gasteiger charge is 2.41. The topological polar surface area (TPSA) is 35.2 Å². The maximum absolute atomic E-state index is 12.5. The Labute approximate surface area is 100 Å². The average molecular weight is 271 g/mol. The molecular formula is C10H13F4NOS. The molecule has 2 N–H and O–H groups in total. The minimum atomic E-state index is -4.12. The fourth-order valence-corrected chi connectivity index (χ4v) is 1.91. The van der Waals surface area contributed by atoms with Crippen LogP contribution in [0.15, 0.2) is 11.4 Å². The van der Waals surface area contributed by atoms with Gasteiger partial charge in [-0.05, 0) is 23.9 Å². The van der Waals surface area contributed by atoms with Crippen LogP contribution < -0.4 is 5.73 Å². The molecule has 0 fully saturated rings. The summed E-state index contributed by atoms with van der Waals surface area (Å²) in [6.45, 7) is 0.354. The van der Waals surface area contributed by atoms with Crippen molar-refractivity contribution in [3.8, 4) is 0 Å². The van der Waals surface area contributed by atoms with Crippen molar-refractivity contribution >= 4 is 11.3 Å². The van der Waals surface area contributed by atoms with Gasteiger partial charge in [0.2, 0.25) is 0 Å². The smallest absolute Gasteiger partial charge is 0.330 e. The van der Waals surface area contributed by atoms with Crippen LogP contribution in [0.5, 0.6) is 0 Å². The molecule has 0 saturated carbocycles. The summed E-state index contributed by atoms with van der Waals surface area (Å²) in [5, 5.41) is 1.79. The van der Waals surface area contributed by atoms with Crippen molar-refractivity contribution in [1.29, 1.82) is 0 Å². The predicted molar refractivity (Wildman–Crippen MR) is 57.8 cm³/mol. The van der Waals surface area contributed by atoms with Crippen molar-refractivity contribution in [2.45, 2.75) is 25.3 Å². The van der Waals surface area contributed by atoms with Crippen LogP contribution in [0.3, 0.4) is 0 Å². The number of rotatable bonds is 6. The molecular weight excluding hydrogens is 258 g/mol. The Morgan fingerprint density at radius 3 is 2.59 bits per heavy atom. The zero-order valence-electron chi connectivity index (χ0n) is 9.13. The number of halogens is 4. The number of ether oxygens (including phenoxy) is 1. The summed E-state index contributed by atoms with van der Waals surface area (Å²) in [6.07, 6.45) is -3.72. The summed E-state index contributed by atoms with van der Waals surface area (Å²) < 4.78 is 53.1. The van der Waals surface area contributed by atoms with E-state index in [0.717, 1.165) is 10.4 Å². The van der Waals surface area contributed by atoms with Gasteiger partial charge in [0, 0.05) is 4.88 Å². The average Bonchev–Trinajstić information content (AvgIpc) is 2.64. The molecule has 0 aromatic carbocycles. The minimum absolute atomic E-state index is 0.210. The van der Waals surface area contributed by atoms with Crippen LogP contribution in [0.25, 0.3) is 0 Å². The standard InChI is InChI=1S/C10H13F4NOS/c1-6-2-7(4-17-6)8(15)3-16-5-10(13,14)9(11)12/h2,4,8-9H,3,5,15H2,1H3. The second-order valence-corrected chi connectivity index (χ2v) is 4.79. The molecule has 98 valence electrons. The molecule has 1 aromatic heterocycles. The van der Waals surface area contributed by atoms with E-state index in [1.807, 2.05) is 13.0 Å². The van der Waals surface area contributed by atoms with Crippen molar-refractivity contribution in [2.24, 2.45) is 5.73 Å². The molecule has 1 atom stereocenters. The molecule has 1 aromatic rings. The zero-order valence-corrected chi connectivity index (χ0v) is 9.95. The lowest BCUT2D eigenvalue weighted by molar-refractivity contribution is -0.166. The summed E-state index contributed by atoms with van der Waals surface area (Å²) in [5.74, 6) is -4.12. The SMILES string of the molecule is Cc1cc(C(N)COCC(F)(F)C(F)F)cs1. The fraction of sp³-hybridized carbons (Fsp3) is 0.600. The van der Waals surface area contributed by atoms with Crippen LogP contribution in [-0.4, -0.2) is 25.6 Å². The van der Waals surface area contributed by atoms with E-state index in [2.05, 4.69) is 4.74 Å². The summed E-state index contributed by atoms with van der Waals surface area (Å²) in [6, 6.07) is 1.23. The van der Waals surface area contributed by atoms with Gasteiger partial charge in [-0.3, -0.25) is 0 Å². The van der Waals surface area contributed by atoms with Crippen LogP contribution in [0.2, 0.25) is 0 Å². The van der Waals surface area contributed by atoms with Crippen molar-refractivity contribution in [3.63, 3.8) is 0 Å². The third-order valence-electron chi connectivity index (χ3n) is 2.09. The molecule has 0 aliphatic rings. The van der Waals surface area contributed by atoms with Gasteiger partial charge >= 0.3 is 12.3 Å². The zero-order chi connectivity index (χ0) is 13.1. The summed E-state index contributed by atoms with van der Waals surface area (Å²) in [7, 11) is 0. The molecule has 17 heavy (non-hydrogen) atoms. The molecule has 0 amide bonds. The number of hydrogen-bond acceptors (Lipinski definition) is 3. The number of thiophene rings is 1. The molecule has 1 unspecified atom stereocenters. The summed E-state index contributed by atoms with van der Waals surface area (Å²) in [5.41, 5.74) is 6.42. The van der Waals surface area contributed by atoms with E-state index >= 15 is 0 Å². The van der Waals surface area contributed by atoms with E-state index in [9.17, 15) is 17.6 Å². The lowest BCUT2D eigenvalue weighted by Gasteiger charge is -2.17. The molecule has 1 heterocycles. The maximum atomic E-state index is 12.5. The highest BCUT2D eigenvalue weighted by molar-refractivity contribution is 7.10. The largest absolute Gasteiger partial charge is 0.373 e. The van der Waals surface area contributed by atoms with Gasteiger partial charge in [0.25, 0.3) is 0 Å². The van der Waals surface area contributed by atoms with Gasteiger partial charge in [-0.1, -0.05) is 0 Å². The quantitative estimate of drug-likeness (QED) is 0.807. The first kappa shape index (κ1) is 14.4. The van der Waals surface area contributed by atoms with E-state index in [1.165, 1.54) is 11.3 Å². The first-order chi connectivity index (χ1) is 7.83. The van der Waals surface area contributed by atoms with Gasteiger partial charge in [-0.25, -0.2) is 8.78 Å². The van der Waals surface area contributed by atoms with E-state index in [1.54, 1.807) is 5.38 Å². The van der Waals surface area contributed by atoms with Gasteiger partial charge in [0.05, 0.1) is 12.6 Å². The minimum Gasteiger partial charge on any atom is -0.373 e. The molecule has 0 saturated heterocycles. The van der Waals surface area contributed by atoms with Crippen molar-refractivity contribution in [2.75, 3.05) is 13.2 Å². The van der Waals surface area contributed by atoms with Crippen LogP contribution >= 0.6 is 11.3 Å². The second kappa shape index (κ2) is 5.79. The Hall–Kier alpha value is -0.660. The molecule has 0 bridgehead atoms. The van der Waals surface area contributed by atoms with Gasteiger partial charge in [-0.2, -0.15) is 8.78 Å². The summed E-state index contributed by atoms with van der Waals surface area (Å²) in [4.78, 5) is 1.04. The molecule has 0 spiro atoms. The van der Waals surface area contributed by atoms with Crippen LogP contribution in [0, 0.1) is 6.92 Å². The third-order valence-corrected chi connectivity index (χ3v) is 2.97. The van der Waals surface area contributed by atoms with E-state index in [4.69, 9.17) is 5.73 Å². The first-order valence-corrected chi connectivity index (χ1v) is 5.75. The molecule has 1 rings (SSSR count). The number of aryl methyl sites for hydroxylation is 1. The maximum Gasteiger partial charge on any atom is 0.330 e. The Balaban J connectivity index is 2.37. The summed E-state index contributed by atoms with van der Waals surface area (Å²) >= 11 is 1.47. The van der Waals surface area contributed by atoms with Gasteiger partial charge in [0.1, 0.15) is 6.61 Å².